The topological polar surface area (TPSA) is 50.4 Å². The number of alkyl carbamates (subject to hydrolysis) is 1. The van der Waals surface area contributed by atoms with E-state index in [0.717, 1.165) is 12.8 Å². The molecule has 3 atom stereocenters. The molecule has 0 aliphatic carbocycles. The Hall–Kier alpha value is -0.770. The standard InChI is InChI=1S/C15H30N2O2/c1-10(2)9-12-7-8-13(11(3)16-12)17-14(18)19-15(4,5)6/h10-13,16H,7-9H2,1-6H3,(H,17,18). The molecular weight excluding hydrogens is 240 g/mol. The molecule has 0 radical (unpaired) electrons. The highest BCUT2D eigenvalue weighted by molar-refractivity contribution is 5.68. The van der Waals surface area contributed by atoms with E-state index in [9.17, 15) is 4.79 Å². The van der Waals surface area contributed by atoms with Gasteiger partial charge in [0.2, 0.25) is 0 Å². The van der Waals surface area contributed by atoms with Crippen LogP contribution in [0.2, 0.25) is 0 Å². The van der Waals surface area contributed by atoms with Crippen molar-refractivity contribution < 1.29 is 9.53 Å². The highest BCUT2D eigenvalue weighted by atomic mass is 16.6. The fourth-order valence-electron chi connectivity index (χ4n) is 2.61. The molecule has 1 rings (SSSR count). The van der Waals surface area contributed by atoms with E-state index in [4.69, 9.17) is 4.74 Å². The van der Waals surface area contributed by atoms with E-state index in [1.807, 2.05) is 20.8 Å². The Morgan fingerprint density at radius 3 is 2.47 bits per heavy atom. The summed E-state index contributed by atoms with van der Waals surface area (Å²) in [4.78, 5) is 11.8. The van der Waals surface area contributed by atoms with Gasteiger partial charge in [-0.15, -0.1) is 0 Å². The normalized spacial score (nSPS) is 28.3. The third-order valence-corrected chi connectivity index (χ3v) is 3.39. The highest BCUT2D eigenvalue weighted by Crippen LogP contribution is 2.19. The molecule has 2 N–H and O–H groups in total. The first-order valence-electron chi connectivity index (χ1n) is 7.43. The van der Waals surface area contributed by atoms with Gasteiger partial charge < -0.3 is 15.4 Å². The Labute approximate surface area is 117 Å². The second kappa shape index (κ2) is 6.60. The number of rotatable bonds is 3. The first-order chi connectivity index (χ1) is 8.67. The quantitative estimate of drug-likeness (QED) is 0.828. The second-order valence-electron chi connectivity index (χ2n) is 7.11. The van der Waals surface area contributed by atoms with Crippen LogP contribution >= 0.6 is 0 Å². The van der Waals surface area contributed by atoms with Gasteiger partial charge in [0.1, 0.15) is 5.60 Å². The third kappa shape index (κ3) is 6.28. The van der Waals surface area contributed by atoms with Crippen LogP contribution in [0.25, 0.3) is 0 Å². The lowest BCUT2D eigenvalue weighted by Gasteiger charge is -2.37. The summed E-state index contributed by atoms with van der Waals surface area (Å²) >= 11 is 0. The van der Waals surface area contributed by atoms with Crippen molar-refractivity contribution in [1.82, 2.24) is 10.6 Å². The van der Waals surface area contributed by atoms with Crippen molar-refractivity contribution >= 4 is 6.09 Å². The van der Waals surface area contributed by atoms with Crippen molar-refractivity contribution in [1.29, 1.82) is 0 Å². The Morgan fingerprint density at radius 2 is 2.00 bits per heavy atom. The number of amides is 1. The van der Waals surface area contributed by atoms with E-state index in [-0.39, 0.29) is 12.1 Å². The molecule has 0 aromatic rings. The van der Waals surface area contributed by atoms with Crippen LogP contribution in [0.15, 0.2) is 0 Å². The minimum absolute atomic E-state index is 0.165. The van der Waals surface area contributed by atoms with Gasteiger partial charge in [0, 0.05) is 18.1 Å². The van der Waals surface area contributed by atoms with Crippen molar-refractivity contribution in [3.63, 3.8) is 0 Å². The summed E-state index contributed by atoms with van der Waals surface area (Å²) in [7, 11) is 0. The fourth-order valence-corrected chi connectivity index (χ4v) is 2.61. The summed E-state index contributed by atoms with van der Waals surface area (Å²) in [6, 6.07) is 1.04. The molecule has 19 heavy (non-hydrogen) atoms. The molecular formula is C15H30N2O2. The van der Waals surface area contributed by atoms with Gasteiger partial charge in [-0.3, -0.25) is 0 Å². The second-order valence-corrected chi connectivity index (χ2v) is 7.11. The molecule has 1 aliphatic heterocycles. The maximum atomic E-state index is 11.8. The lowest BCUT2D eigenvalue weighted by molar-refractivity contribution is 0.0476. The summed E-state index contributed by atoms with van der Waals surface area (Å²) in [5.74, 6) is 0.708. The lowest BCUT2D eigenvalue weighted by atomic mass is 9.90. The minimum atomic E-state index is -0.435. The summed E-state index contributed by atoms with van der Waals surface area (Å²) < 4.78 is 5.30. The maximum Gasteiger partial charge on any atom is 0.407 e. The molecule has 0 saturated carbocycles. The summed E-state index contributed by atoms with van der Waals surface area (Å²) in [6.45, 7) is 12.3. The average Bonchev–Trinajstić information content (AvgIpc) is 2.18. The van der Waals surface area contributed by atoms with Gasteiger partial charge in [-0.2, -0.15) is 0 Å². The van der Waals surface area contributed by atoms with Gasteiger partial charge in [-0.25, -0.2) is 4.79 Å². The van der Waals surface area contributed by atoms with Crippen LogP contribution in [-0.2, 0) is 4.74 Å². The number of hydrogen-bond donors (Lipinski definition) is 2. The van der Waals surface area contributed by atoms with Gasteiger partial charge >= 0.3 is 6.09 Å². The number of nitrogens with one attached hydrogen (secondary N) is 2. The van der Waals surface area contributed by atoms with Gasteiger partial charge in [0.25, 0.3) is 0 Å². The average molecular weight is 270 g/mol. The zero-order valence-corrected chi connectivity index (χ0v) is 13.2. The Morgan fingerprint density at radius 1 is 1.37 bits per heavy atom. The molecule has 0 bridgehead atoms. The smallest absolute Gasteiger partial charge is 0.407 e. The SMILES string of the molecule is CC(C)CC1CCC(NC(=O)OC(C)(C)C)C(C)N1. The molecule has 0 aromatic carbocycles. The van der Waals surface area contributed by atoms with Crippen LogP contribution in [0, 0.1) is 5.92 Å². The van der Waals surface area contributed by atoms with E-state index in [0.29, 0.717) is 18.0 Å². The van der Waals surface area contributed by atoms with E-state index in [2.05, 4.69) is 31.4 Å². The van der Waals surface area contributed by atoms with Crippen LogP contribution < -0.4 is 10.6 Å². The van der Waals surface area contributed by atoms with Crippen molar-refractivity contribution in [3.05, 3.63) is 0 Å². The molecule has 0 spiro atoms. The zero-order valence-electron chi connectivity index (χ0n) is 13.2. The van der Waals surface area contributed by atoms with E-state index in [1.165, 1.54) is 6.42 Å². The Kier molecular flexibility index (Phi) is 5.65. The van der Waals surface area contributed by atoms with Gasteiger partial charge in [0.15, 0.2) is 0 Å². The number of piperidine rings is 1. The number of carbonyl (C=O) groups excluding carboxylic acids is 1. The molecule has 112 valence electrons. The number of ether oxygens (including phenoxy) is 1. The predicted octanol–water partition coefficient (Wildman–Crippen LogP) is 3.07. The van der Waals surface area contributed by atoms with Crippen LogP contribution in [0.1, 0.15) is 60.8 Å². The molecule has 1 heterocycles. The molecule has 4 nitrogen and oxygen atoms in total. The summed E-state index contributed by atoms with van der Waals surface area (Å²) in [5, 5.41) is 6.57. The Bertz CT molecular complexity index is 297. The third-order valence-electron chi connectivity index (χ3n) is 3.39. The monoisotopic (exact) mass is 270 g/mol. The molecule has 1 fully saturated rings. The molecule has 0 aromatic heterocycles. The lowest BCUT2D eigenvalue weighted by Crippen LogP contribution is -2.56. The summed E-state index contributed by atoms with van der Waals surface area (Å²) in [6.07, 6.45) is 3.02. The number of carbonyl (C=O) groups is 1. The van der Waals surface area contributed by atoms with Crippen LogP contribution in [0.4, 0.5) is 4.79 Å². The highest BCUT2D eigenvalue weighted by Gasteiger charge is 2.29. The van der Waals surface area contributed by atoms with Crippen molar-refractivity contribution in [3.8, 4) is 0 Å². The van der Waals surface area contributed by atoms with Gasteiger partial charge in [0.05, 0.1) is 0 Å². The summed E-state index contributed by atoms with van der Waals surface area (Å²) in [5.41, 5.74) is -0.435. The minimum Gasteiger partial charge on any atom is -0.444 e. The van der Waals surface area contributed by atoms with Crippen LogP contribution in [0.3, 0.4) is 0 Å². The molecule has 4 heteroatoms. The van der Waals surface area contributed by atoms with Crippen molar-refractivity contribution in [2.45, 2.75) is 84.5 Å². The maximum absolute atomic E-state index is 11.8. The van der Waals surface area contributed by atoms with Gasteiger partial charge in [-0.05, 0) is 52.9 Å². The van der Waals surface area contributed by atoms with Crippen LogP contribution in [-0.4, -0.2) is 29.8 Å². The van der Waals surface area contributed by atoms with E-state index < -0.39 is 5.60 Å². The Balaban J connectivity index is 2.39. The number of hydrogen-bond acceptors (Lipinski definition) is 3. The molecule has 1 amide bonds. The van der Waals surface area contributed by atoms with E-state index in [1.54, 1.807) is 0 Å². The van der Waals surface area contributed by atoms with Crippen LogP contribution in [0.5, 0.6) is 0 Å². The molecule has 3 unspecified atom stereocenters. The van der Waals surface area contributed by atoms with Gasteiger partial charge in [-0.1, -0.05) is 13.8 Å². The van der Waals surface area contributed by atoms with Crippen molar-refractivity contribution in [2.75, 3.05) is 0 Å². The first-order valence-corrected chi connectivity index (χ1v) is 7.43. The van der Waals surface area contributed by atoms with E-state index >= 15 is 0 Å². The molecule has 1 aliphatic rings. The zero-order chi connectivity index (χ0) is 14.6. The largest absolute Gasteiger partial charge is 0.444 e. The fraction of sp³-hybridized carbons (Fsp3) is 0.933. The predicted molar refractivity (Wildman–Crippen MR) is 78.2 cm³/mol. The first kappa shape index (κ1) is 16.3. The molecule has 1 saturated heterocycles. The van der Waals surface area contributed by atoms with Crippen molar-refractivity contribution in [2.24, 2.45) is 5.92 Å².